The smallest absolute Gasteiger partial charge is 0.162 e. The third-order valence-corrected chi connectivity index (χ3v) is 6.40. The highest BCUT2D eigenvalue weighted by Crippen LogP contribution is 2.37. The highest BCUT2D eigenvalue weighted by Gasteiger charge is 2.22. The van der Waals surface area contributed by atoms with Crippen LogP contribution in [-0.2, 0) is 12.8 Å². The van der Waals surface area contributed by atoms with E-state index in [-0.39, 0.29) is 0 Å². The summed E-state index contributed by atoms with van der Waals surface area (Å²) in [6.07, 6.45) is 9.82. The highest BCUT2D eigenvalue weighted by atomic mass is 19.2. The van der Waals surface area contributed by atoms with Gasteiger partial charge in [0, 0.05) is 0 Å². The number of benzene rings is 2. The Morgan fingerprint density at radius 2 is 1.65 bits per heavy atom. The lowest BCUT2D eigenvalue weighted by atomic mass is 9.77. The molecule has 0 aliphatic heterocycles. The van der Waals surface area contributed by atoms with Crippen molar-refractivity contribution >= 4 is 5.57 Å². The first-order valence-corrected chi connectivity index (χ1v) is 9.90. The van der Waals surface area contributed by atoms with Gasteiger partial charge in [0.15, 0.2) is 11.6 Å². The van der Waals surface area contributed by atoms with Crippen LogP contribution in [0.25, 0.3) is 5.57 Å². The van der Waals surface area contributed by atoms with Gasteiger partial charge >= 0.3 is 0 Å². The second-order valence-electron chi connectivity index (χ2n) is 7.86. The third-order valence-electron chi connectivity index (χ3n) is 6.40. The number of hydrogen-bond donors (Lipinski definition) is 0. The van der Waals surface area contributed by atoms with E-state index in [2.05, 4.69) is 31.2 Å². The zero-order valence-corrected chi connectivity index (χ0v) is 15.4. The normalized spacial score (nSPS) is 22.7. The van der Waals surface area contributed by atoms with Crippen LogP contribution in [0.15, 0.2) is 42.5 Å². The molecule has 1 fully saturated rings. The SMILES string of the molecule is CCC1CCC(c2ccc(C3=CCc4c(ccc(F)c4F)C3)cc2)CC1. The van der Waals surface area contributed by atoms with Gasteiger partial charge in [0.1, 0.15) is 0 Å². The van der Waals surface area contributed by atoms with Crippen molar-refractivity contribution in [1.82, 2.24) is 0 Å². The molecule has 0 atom stereocenters. The van der Waals surface area contributed by atoms with Crippen LogP contribution in [0.1, 0.15) is 67.2 Å². The molecule has 2 aliphatic carbocycles. The molecule has 0 aromatic heterocycles. The van der Waals surface area contributed by atoms with Crippen molar-refractivity contribution in [2.24, 2.45) is 5.92 Å². The second-order valence-corrected chi connectivity index (χ2v) is 7.86. The van der Waals surface area contributed by atoms with Crippen molar-refractivity contribution in [2.75, 3.05) is 0 Å². The molecular weight excluding hydrogens is 326 g/mol. The van der Waals surface area contributed by atoms with Gasteiger partial charge in [0.05, 0.1) is 0 Å². The van der Waals surface area contributed by atoms with Crippen molar-refractivity contribution in [2.45, 2.75) is 57.8 Å². The van der Waals surface area contributed by atoms with E-state index in [1.165, 1.54) is 54.9 Å². The minimum atomic E-state index is -0.747. The quantitative estimate of drug-likeness (QED) is 0.568. The molecule has 26 heavy (non-hydrogen) atoms. The maximum absolute atomic E-state index is 13.9. The Balaban J connectivity index is 1.48. The fourth-order valence-corrected chi connectivity index (χ4v) is 4.61. The first-order valence-electron chi connectivity index (χ1n) is 9.90. The molecule has 2 aliphatic rings. The summed E-state index contributed by atoms with van der Waals surface area (Å²) in [5.41, 5.74) is 5.28. The number of allylic oxidation sites excluding steroid dienone is 2. The van der Waals surface area contributed by atoms with Crippen LogP contribution < -0.4 is 0 Å². The zero-order chi connectivity index (χ0) is 18.1. The van der Waals surface area contributed by atoms with Crippen LogP contribution in [0.2, 0.25) is 0 Å². The van der Waals surface area contributed by atoms with Gasteiger partial charge in [-0.1, -0.05) is 49.8 Å². The Kier molecular flexibility index (Phi) is 4.93. The fraction of sp³-hybridized carbons (Fsp3) is 0.417. The van der Waals surface area contributed by atoms with E-state index < -0.39 is 11.6 Å². The van der Waals surface area contributed by atoms with Crippen LogP contribution in [0.5, 0.6) is 0 Å². The van der Waals surface area contributed by atoms with Gasteiger partial charge in [-0.15, -0.1) is 0 Å². The van der Waals surface area contributed by atoms with Gasteiger partial charge in [-0.3, -0.25) is 0 Å². The molecule has 2 aromatic rings. The van der Waals surface area contributed by atoms with Crippen LogP contribution in [0.3, 0.4) is 0 Å². The number of rotatable bonds is 3. The molecule has 136 valence electrons. The summed E-state index contributed by atoms with van der Waals surface area (Å²) in [7, 11) is 0. The third kappa shape index (κ3) is 3.34. The summed E-state index contributed by atoms with van der Waals surface area (Å²) in [4.78, 5) is 0. The number of halogens is 2. The predicted molar refractivity (Wildman–Crippen MR) is 103 cm³/mol. The van der Waals surface area contributed by atoms with Crippen molar-refractivity contribution in [3.05, 3.63) is 76.4 Å². The van der Waals surface area contributed by atoms with Gasteiger partial charge in [-0.05, 0) is 84.3 Å². The monoisotopic (exact) mass is 352 g/mol. The molecule has 4 rings (SSSR count). The summed E-state index contributed by atoms with van der Waals surface area (Å²) >= 11 is 0. The van der Waals surface area contributed by atoms with E-state index in [1.807, 2.05) is 6.08 Å². The van der Waals surface area contributed by atoms with E-state index in [1.54, 1.807) is 6.07 Å². The predicted octanol–water partition coefficient (Wildman–Crippen LogP) is 6.83. The standard InChI is InChI=1S/C24H26F2/c1-2-16-3-5-17(6-4-16)18-7-9-19(10-8-18)20-11-13-22-21(15-20)12-14-23(25)24(22)26/h7-12,14,16-17H,2-6,13,15H2,1H3. The Morgan fingerprint density at radius 1 is 0.923 bits per heavy atom. The molecule has 2 heteroatoms. The van der Waals surface area contributed by atoms with E-state index in [4.69, 9.17) is 0 Å². The van der Waals surface area contributed by atoms with Crippen molar-refractivity contribution in [1.29, 1.82) is 0 Å². The maximum atomic E-state index is 13.9. The van der Waals surface area contributed by atoms with Crippen LogP contribution in [0.4, 0.5) is 8.78 Å². The van der Waals surface area contributed by atoms with E-state index in [9.17, 15) is 8.78 Å². The summed E-state index contributed by atoms with van der Waals surface area (Å²) in [6, 6.07) is 11.9. The Labute approximate surface area is 154 Å². The molecule has 0 amide bonds. The molecule has 2 aromatic carbocycles. The molecule has 0 saturated heterocycles. The summed E-state index contributed by atoms with van der Waals surface area (Å²) < 4.78 is 27.3. The van der Waals surface area contributed by atoms with Gasteiger partial charge in [0.25, 0.3) is 0 Å². The largest absolute Gasteiger partial charge is 0.204 e. The van der Waals surface area contributed by atoms with Crippen LogP contribution in [-0.4, -0.2) is 0 Å². The van der Waals surface area contributed by atoms with Crippen LogP contribution >= 0.6 is 0 Å². The van der Waals surface area contributed by atoms with Crippen LogP contribution in [0, 0.1) is 17.6 Å². The van der Waals surface area contributed by atoms with E-state index in [0.717, 1.165) is 11.5 Å². The average Bonchev–Trinajstić information content (AvgIpc) is 2.71. The fourth-order valence-electron chi connectivity index (χ4n) is 4.61. The first kappa shape index (κ1) is 17.5. The molecule has 1 saturated carbocycles. The molecule has 0 nitrogen and oxygen atoms in total. The molecule has 0 radical (unpaired) electrons. The lowest BCUT2D eigenvalue weighted by Crippen LogP contribution is -2.12. The number of hydrogen-bond acceptors (Lipinski definition) is 0. The topological polar surface area (TPSA) is 0 Å². The molecule has 0 spiro atoms. The Bertz CT molecular complexity index is 809. The van der Waals surface area contributed by atoms with E-state index >= 15 is 0 Å². The Morgan fingerprint density at radius 3 is 2.35 bits per heavy atom. The lowest BCUT2D eigenvalue weighted by Gasteiger charge is -2.28. The molecule has 0 N–H and O–H groups in total. The summed E-state index contributed by atoms with van der Waals surface area (Å²) in [6.45, 7) is 2.30. The summed E-state index contributed by atoms with van der Waals surface area (Å²) in [5, 5.41) is 0. The van der Waals surface area contributed by atoms with Gasteiger partial charge in [-0.2, -0.15) is 0 Å². The summed E-state index contributed by atoms with van der Waals surface area (Å²) in [5.74, 6) is 0.187. The first-order chi connectivity index (χ1) is 12.7. The minimum absolute atomic E-state index is 0.469. The highest BCUT2D eigenvalue weighted by molar-refractivity contribution is 5.70. The van der Waals surface area contributed by atoms with Crippen molar-refractivity contribution < 1.29 is 8.78 Å². The van der Waals surface area contributed by atoms with Crippen molar-refractivity contribution in [3.8, 4) is 0 Å². The van der Waals surface area contributed by atoms with Gasteiger partial charge in [0.2, 0.25) is 0 Å². The van der Waals surface area contributed by atoms with Crippen molar-refractivity contribution in [3.63, 3.8) is 0 Å². The average molecular weight is 352 g/mol. The minimum Gasteiger partial charge on any atom is -0.204 e. The second kappa shape index (κ2) is 7.34. The molecule has 0 bridgehead atoms. The van der Waals surface area contributed by atoms with E-state index in [0.29, 0.717) is 24.3 Å². The van der Waals surface area contributed by atoms with Gasteiger partial charge in [-0.25, -0.2) is 8.78 Å². The molecule has 0 unspecified atom stereocenters. The zero-order valence-electron chi connectivity index (χ0n) is 15.4. The molecular formula is C24H26F2. The van der Waals surface area contributed by atoms with Gasteiger partial charge < -0.3 is 0 Å². The molecule has 0 heterocycles. The Hall–Kier alpha value is -1.96. The number of fused-ring (bicyclic) bond motifs is 1. The maximum Gasteiger partial charge on any atom is 0.162 e. The lowest BCUT2D eigenvalue weighted by molar-refractivity contribution is 0.319.